The van der Waals surface area contributed by atoms with Gasteiger partial charge in [-0.25, -0.2) is 0 Å². The van der Waals surface area contributed by atoms with Gasteiger partial charge in [-0.15, -0.1) is 0 Å². The van der Waals surface area contributed by atoms with Gasteiger partial charge in [0.1, 0.15) is 6.10 Å². The van der Waals surface area contributed by atoms with E-state index < -0.39 is 0 Å². The number of allylic oxidation sites excluding steroid dienone is 8. The van der Waals surface area contributed by atoms with Crippen molar-refractivity contribution >= 4 is 17.9 Å². The van der Waals surface area contributed by atoms with Crippen molar-refractivity contribution in [3.05, 3.63) is 48.6 Å². The van der Waals surface area contributed by atoms with Gasteiger partial charge in [-0.2, -0.15) is 0 Å². The molecule has 0 rings (SSSR count). The van der Waals surface area contributed by atoms with Crippen LogP contribution in [0.5, 0.6) is 0 Å². The van der Waals surface area contributed by atoms with Gasteiger partial charge in [0.2, 0.25) is 0 Å². The van der Waals surface area contributed by atoms with Crippen molar-refractivity contribution < 1.29 is 28.6 Å². The van der Waals surface area contributed by atoms with Gasteiger partial charge in [-0.3, -0.25) is 14.4 Å². The molecule has 0 aromatic carbocycles. The van der Waals surface area contributed by atoms with Crippen LogP contribution < -0.4 is 0 Å². The highest BCUT2D eigenvalue weighted by Crippen LogP contribution is 2.19. The average molecular weight is 729 g/mol. The van der Waals surface area contributed by atoms with Crippen molar-refractivity contribution in [2.45, 2.75) is 207 Å². The highest BCUT2D eigenvalue weighted by Gasteiger charge is 2.15. The van der Waals surface area contributed by atoms with Crippen molar-refractivity contribution in [2.24, 2.45) is 5.92 Å². The quantitative estimate of drug-likeness (QED) is 0.0274. The maximum Gasteiger partial charge on any atom is 0.306 e. The van der Waals surface area contributed by atoms with E-state index in [9.17, 15) is 14.4 Å². The van der Waals surface area contributed by atoms with Gasteiger partial charge >= 0.3 is 17.9 Å². The lowest BCUT2D eigenvalue weighted by atomic mass is 10.0. The smallest absolute Gasteiger partial charge is 0.306 e. The molecule has 0 saturated carbocycles. The van der Waals surface area contributed by atoms with E-state index in [2.05, 4.69) is 62.5 Å². The molecule has 0 aliphatic carbocycles. The minimum absolute atomic E-state index is 0.0239. The normalized spacial score (nSPS) is 12.0. The van der Waals surface area contributed by atoms with Gasteiger partial charge in [0, 0.05) is 19.3 Å². The maximum atomic E-state index is 12.4. The van der Waals surface area contributed by atoms with Crippen LogP contribution >= 0.6 is 0 Å². The van der Waals surface area contributed by atoms with Crippen LogP contribution in [-0.4, -0.2) is 37.2 Å². The molecule has 0 bridgehead atoms. The third-order valence-corrected chi connectivity index (χ3v) is 8.99. The molecule has 0 amide bonds. The fourth-order valence-corrected chi connectivity index (χ4v) is 6.05. The summed E-state index contributed by atoms with van der Waals surface area (Å²) in [7, 11) is 0. The van der Waals surface area contributed by atoms with Crippen molar-refractivity contribution in [1.29, 1.82) is 0 Å². The van der Waals surface area contributed by atoms with E-state index >= 15 is 0 Å². The summed E-state index contributed by atoms with van der Waals surface area (Å²) in [5, 5.41) is 0. The summed E-state index contributed by atoms with van der Waals surface area (Å²) in [4.78, 5) is 35.1. The molecular weight excluding hydrogens is 649 g/mol. The molecule has 0 saturated heterocycles. The molecule has 52 heavy (non-hydrogen) atoms. The van der Waals surface area contributed by atoms with Gasteiger partial charge in [-0.05, 0) is 122 Å². The van der Waals surface area contributed by atoms with Gasteiger partial charge < -0.3 is 14.2 Å². The summed E-state index contributed by atoms with van der Waals surface area (Å²) in [6.45, 7) is 8.79. The Hall–Kier alpha value is -2.63. The first-order chi connectivity index (χ1) is 25.4. The Morgan fingerprint density at radius 3 is 1.15 bits per heavy atom. The van der Waals surface area contributed by atoms with Crippen molar-refractivity contribution in [3.63, 3.8) is 0 Å². The third kappa shape index (κ3) is 38.6. The molecule has 6 nitrogen and oxygen atoms in total. The van der Waals surface area contributed by atoms with E-state index in [1.54, 1.807) is 0 Å². The monoisotopic (exact) mass is 729 g/mol. The number of hydrogen-bond acceptors (Lipinski definition) is 6. The van der Waals surface area contributed by atoms with E-state index in [0.717, 1.165) is 89.9 Å². The van der Waals surface area contributed by atoms with E-state index in [0.29, 0.717) is 38.4 Å². The summed E-state index contributed by atoms with van der Waals surface area (Å²) in [5.41, 5.74) is 0. The summed E-state index contributed by atoms with van der Waals surface area (Å²) >= 11 is 0. The average Bonchev–Trinajstić information content (AvgIpc) is 3.10. The molecular formula is C46H80O6. The Bertz CT molecular complexity index is 883. The van der Waals surface area contributed by atoms with Crippen LogP contribution in [0, 0.1) is 5.92 Å². The number of carbonyl (C=O) groups excluding carboxylic acids is 3. The highest BCUT2D eigenvalue weighted by molar-refractivity contribution is 5.70. The van der Waals surface area contributed by atoms with E-state index in [1.165, 1.54) is 64.2 Å². The second-order valence-electron chi connectivity index (χ2n) is 14.6. The molecule has 0 N–H and O–H groups in total. The van der Waals surface area contributed by atoms with Crippen molar-refractivity contribution in [2.75, 3.05) is 13.2 Å². The second kappa shape index (κ2) is 39.6. The lowest BCUT2D eigenvalue weighted by Crippen LogP contribution is -2.19. The van der Waals surface area contributed by atoms with Crippen molar-refractivity contribution in [3.8, 4) is 0 Å². The molecule has 0 radical (unpaired) electrons. The molecule has 0 spiro atoms. The molecule has 0 heterocycles. The standard InChI is InChI=1S/C46H80O6/c1-5-50-44(47)39-35-31-27-23-19-15-11-7-9-13-17-21-25-29-33-37-43(52-46(49)41-42(3)4)38-34-30-26-22-18-14-10-8-12-16-20-24-28-32-36-40-45(48)51-6-2/h7-8,11-12,19-20,23-24,42-43H,5-6,9-10,13-18,21-22,25-41H2,1-4H3/b11-7-,12-8-,23-19-,24-20-. The van der Waals surface area contributed by atoms with Gasteiger partial charge in [0.25, 0.3) is 0 Å². The Balaban J connectivity index is 3.89. The molecule has 0 atom stereocenters. The minimum atomic E-state index is -0.0823. The number of esters is 3. The summed E-state index contributed by atoms with van der Waals surface area (Å²) < 4.78 is 15.9. The largest absolute Gasteiger partial charge is 0.466 e. The molecule has 0 aromatic rings. The molecule has 0 fully saturated rings. The zero-order valence-corrected chi connectivity index (χ0v) is 34.2. The zero-order valence-electron chi connectivity index (χ0n) is 34.2. The second-order valence-corrected chi connectivity index (χ2v) is 14.6. The number of rotatable bonds is 37. The zero-order chi connectivity index (χ0) is 38.2. The number of unbranched alkanes of at least 4 members (excludes halogenated alkanes) is 16. The molecule has 0 unspecified atom stereocenters. The van der Waals surface area contributed by atoms with Gasteiger partial charge in [-0.1, -0.05) is 114 Å². The van der Waals surface area contributed by atoms with E-state index in [1.807, 2.05) is 13.8 Å². The first kappa shape index (κ1) is 49.4. The van der Waals surface area contributed by atoms with Crippen LogP contribution in [0.4, 0.5) is 0 Å². The molecule has 6 heteroatoms. The minimum Gasteiger partial charge on any atom is -0.466 e. The SMILES string of the molecule is CCOC(=O)CCCC/C=C\C/C=C\CCCCCCCCC(CCCCCCCC/C=C\C/C=C\CCCCC(=O)OCC)OC(=O)CC(C)C. The van der Waals surface area contributed by atoms with Gasteiger partial charge in [0.05, 0.1) is 13.2 Å². The van der Waals surface area contributed by atoms with Crippen LogP contribution in [0.1, 0.15) is 201 Å². The van der Waals surface area contributed by atoms with Crippen LogP contribution in [0.2, 0.25) is 0 Å². The topological polar surface area (TPSA) is 78.9 Å². The fourth-order valence-electron chi connectivity index (χ4n) is 6.05. The Kier molecular flexibility index (Phi) is 37.6. The molecule has 0 aliphatic rings. The Morgan fingerprint density at radius 2 is 0.788 bits per heavy atom. The lowest BCUT2D eigenvalue weighted by molar-refractivity contribution is -0.151. The predicted molar refractivity (Wildman–Crippen MR) is 219 cm³/mol. The third-order valence-electron chi connectivity index (χ3n) is 8.99. The predicted octanol–water partition coefficient (Wildman–Crippen LogP) is 13.4. The first-order valence-corrected chi connectivity index (χ1v) is 21.5. The molecule has 0 aromatic heterocycles. The van der Waals surface area contributed by atoms with Crippen LogP contribution in [0.3, 0.4) is 0 Å². The summed E-state index contributed by atoms with van der Waals surface area (Å²) in [5.74, 6) is 0.151. The molecule has 0 aliphatic heterocycles. The number of ether oxygens (including phenoxy) is 3. The number of carbonyl (C=O) groups is 3. The van der Waals surface area contributed by atoms with Crippen LogP contribution in [0.15, 0.2) is 48.6 Å². The van der Waals surface area contributed by atoms with Gasteiger partial charge in [0.15, 0.2) is 0 Å². The Morgan fingerprint density at radius 1 is 0.442 bits per heavy atom. The van der Waals surface area contributed by atoms with E-state index in [-0.39, 0.29) is 24.0 Å². The lowest BCUT2D eigenvalue weighted by Gasteiger charge is -2.19. The maximum absolute atomic E-state index is 12.4. The molecule has 300 valence electrons. The van der Waals surface area contributed by atoms with E-state index in [4.69, 9.17) is 14.2 Å². The summed E-state index contributed by atoms with van der Waals surface area (Å²) in [6.07, 6.45) is 46.8. The van der Waals surface area contributed by atoms with Crippen LogP contribution in [0.25, 0.3) is 0 Å². The summed E-state index contributed by atoms with van der Waals surface area (Å²) in [6, 6.07) is 0. The van der Waals surface area contributed by atoms with Crippen molar-refractivity contribution in [1.82, 2.24) is 0 Å². The number of hydrogen-bond donors (Lipinski definition) is 0. The first-order valence-electron chi connectivity index (χ1n) is 21.5. The fraction of sp³-hybridized carbons (Fsp3) is 0.761. The highest BCUT2D eigenvalue weighted by atomic mass is 16.5. The van der Waals surface area contributed by atoms with Crippen LogP contribution in [-0.2, 0) is 28.6 Å². The Labute approximate surface area is 320 Å².